The second kappa shape index (κ2) is 2.96. The zero-order valence-corrected chi connectivity index (χ0v) is 6.99. The Hall–Kier alpha value is -0.160. The van der Waals surface area contributed by atoms with Crippen molar-refractivity contribution in [2.45, 2.75) is 30.7 Å². The van der Waals surface area contributed by atoms with E-state index >= 15 is 0 Å². The lowest BCUT2D eigenvalue weighted by atomic mass is 9.86. The summed E-state index contributed by atoms with van der Waals surface area (Å²) in [6.45, 7) is 2.01. The highest BCUT2D eigenvalue weighted by molar-refractivity contribution is 5.00. The minimum Gasteiger partial charge on any atom is -0.388 e. The largest absolute Gasteiger partial charge is 0.388 e. The van der Waals surface area contributed by atoms with Crippen LogP contribution < -0.4 is 5.32 Å². The first-order valence-corrected chi connectivity index (χ1v) is 4.45. The van der Waals surface area contributed by atoms with Crippen molar-refractivity contribution in [3.05, 3.63) is 0 Å². The fourth-order valence-electron chi connectivity index (χ4n) is 2.07. The van der Waals surface area contributed by atoms with Gasteiger partial charge in [-0.3, -0.25) is 0 Å². The van der Waals surface area contributed by atoms with Crippen LogP contribution in [-0.2, 0) is 4.74 Å². The number of aliphatic hydroxyl groups is 2. The normalized spacial score (nSPS) is 40.5. The molecule has 12 heavy (non-hydrogen) atoms. The van der Waals surface area contributed by atoms with Gasteiger partial charge in [-0.25, -0.2) is 0 Å². The molecule has 70 valence electrons. The minimum atomic E-state index is -0.695. The van der Waals surface area contributed by atoms with Gasteiger partial charge < -0.3 is 20.3 Å². The quantitative estimate of drug-likeness (QED) is 0.433. The van der Waals surface area contributed by atoms with Crippen molar-refractivity contribution in [1.29, 1.82) is 0 Å². The lowest BCUT2D eigenvalue weighted by molar-refractivity contribution is -0.0817. The van der Waals surface area contributed by atoms with Crippen molar-refractivity contribution in [2.24, 2.45) is 0 Å². The smallest absolute Gasteiger partial charge is 0.111 e. The van der Waals surface area contributed by atoms with E-state index in [2.05, 4.69) is 5.32 Å². The molecular weight excluding hydrogens is 158 g/mol. The van der Waals surface area contributed by atoms with Crippen LogP contribution in [0.25, 0.3) is 0 Å². The summed E-state index contributed by atoms with van der Waals surface area (Å²) in [6.07, 6.45) is 0.207. The predicted molar refractivity (Wildman–Crippen MR) is 42.8 cm³/mol. The van der Waals surface area contributed by atoms with Crippen molar-refractivity contribution in [2.75, 3.05) is 19.7 Å². The fraction of sp³-hybridized carbons (Fsp3) is 1.00. The van der Waals surface area contributed by atoms with E-state index in [0.29, 0.717) is 0 Å². The van der Waals surface area contributed by atoms with Gasteiger partial charge in [-0.1, -0.05) is 0 Å². The zero-order valence-electron chi connectivity index (χ0n) is 6.99. The number of rotatable bonds is 0. The van der Waals surface area contributed by atoms with E-state index in [1.165, 1.54) is 0 Å². The van der Waals surface area contributed by atoms with Gasteiger partial charge in [0.15, 0.2) is 0 Å². The number of hydrogen-bond donors (Lipinski definition) is 3. The molecule has 2 fully saturated rings. The molecule has 4 nitrogen and oxygen atoms in total. The molecule has 0 saturated carbocycles. The topological polar surface area (TPSA) is 61.7 Å². The minimum absolute atomic E-state index is 0.279. The molecule has 0 aromatic rings. The molecule has 2 aliphatic rings. The van der Waals surface area contributed by atoms with Gasteiger partial charge in [-0.05, 0) is 25.9 Å². The Morgan fingerprint density at radius 1 is 1.25 bits per heavy atom. The van der Waals surface area contributed by atoms with Crippen molar-refractivity contribution in [3.63, 3.8) is 0 Å². The number of nitrogens with one attached hydrogen (secondary N) is 1. The van der Waals surface area contributed by atoms with Crippen molar-refractivity contribution >= 4 is 0 Å². The predicted octanol–water partition coefficient (Wildman–Crippen LogP) is -1.14. The highest BCUT2D eigenvalue weighted by Crippen LogP contribution is 2.34. The van der Waals surface area contributed by atoms with Crippen LogP contribution in [0.5, 0.6) is 0 Å². The second-order valence-corrected chi connectivity index (χ2v) is 3.64. The van der Waals surface area contributed by atoms with E-state index in [0.717, 1.165) is 25.9 Å². The van der Waals surface area contributed by atoms with Gasteiger partial charge in [0.25, 0.3) is 0 Å². The maximum Gasteiger partial charge on any atom is 0.111 e. The third kappa shape index (κ3) is 1.15. The van der Waals surface area contributed by atoms with Gasteiger partial charge in [0.05, 0.1) is 12.2 Å². The molecule has 3 N–H and O–H groups in total. The van der Waals surface area contributed by atoms with Gasteiger partial charge in [0.1, 0.15) is 12.2 Å². The lowest BCUT2D eigenvalue weighted by Crippen LogP contribution is -2.50. The van der Waals surface area contributed by atoms with E-state index in [-0.39, 0.29) is 6.61 Å². The van der Waals surface area contributed by atoms with Crippen LogP contribution >= 0.6 is 0 Å². The first-order valence-electron chi connectivity index (χ1n) is 4.45. The molecule has 2 aliphatic heterocycles. The Morgan fingerprint density at radius 3 is 2.42 bits per heavy atom. The summed E-state index contributed by atoms with van der Waals surface area (Å²) >= 11 is 0. The average molecular weight is 173 g/mol. The Bertz CT molecular complexity index is 162. The second-order valence-electron chi connectivity index (χ2n) is 3.64. The van der Waals surface area contributed by atoms with E-state index in [1.807, 2.05) is 0 Å². The highest BCUT2D eigenvalue weighted by Gasteiger charge is 2.48. The van der Waals surface area contributed by atoms with E-state index in [4.69, 9.17) is 4.74 Å². The molecule has 0 amide bonds. The third-order valence-corrected chi connectivity index (χ3v) is 2.89. The van der Waals surface area contributed by atoms with E-state index < -0.39 is 17.8 Å². The third-order valence-electron chi connectivity index (χ3n) is 2.89. The van der Waals surface area contributed by atoms with Gasteiger partial charge in [0.2, 0.25) is 0 Å². The van der Waals surface area contributed by atoms with Gasteiger partial charge in [-0.15, -0.1) is 0 Å². The fourth-order valence-corrected chi connectivity index (χ4v) is 2.07. The Kier molecular flexibility index (Phi) is 2.08. The van der Waals surface area contributed by atoms with Gasteiger partial charge >= 0.3 is 0 Å². The number of hydrogen-bond acceptors (Lipinski definition) is 4. The Morgan fingerprint density at radius 2 is 1.92 bits per heavy atom. The summed E-state index contributed by atoms with van der Waals surface area (Å²) < 4.78 is 5.47. The van der Waals surface area contributed by atoms with Crippen LogP contribution in [0.1, 0.15) is 12.8 Å². The zero-order chi connectivity index (χ0) is 8.60. The maximum absolute atomic E-state index is 9.67. The molecule has 0 bridgehead atoms. The van der Waals surface area contributed by atoms with Crippen LogP contribution in [0.3, 0.4) is 0 Å². The van der Waals surface area contributed by atoms with Gasteiger partial charge in [0, 0.05) is 0 Å². The summed E-state index contributed by atoms with van der Waals surface area (Å²) in [5.41, 5.74) is -0.454. The van der Waals surface area contributed by atoms with Crippen LogP contribution in [0.2, 0.25) is 0 Å². The van der Waals surface area contributed by atoms with E-state index in [9.17, 15) is 10.2 Å². The van der Waals surface area contributed by atoms with Gasteiger partial charge in [-0.2, -0.15) is 0 Å². The summed E-state index contributed by atoms with van der Waals surface area (Å²) in [6, 6.07) is 0. The molecule has 0 aromatic heterocycles. The van der Waals surface area contributed by atoms with Crippen molar-refractivity contribution in [3.8, 4) is 0 Å². The summed E-state index contributed by atoms with van der Waals surface area (Å²) in [4.78, 5) is 0. The Labute approximate surface area is 71.5 Å². The molecular formula is C8H15NO3. The monoisotopic (exact) mass is 173 g/mol. The summed E-state index contributed by atoms with van der Waals surface area (Å²) in [5, 5.41) is 22.2. The standard InChI is InChI=1S/C8H15NO3/c10-6-5-12-8(7(6)11)1-3-9-4-2-8/h6-7,9-11H,1-5H2/t6-,7-/m1/s1. The highest BCUT2D eigenvalue weighted by atomic mass is 16.5. The molecule has 2 heterocycles. The molecule has 2 saturated heterocycles. The van der Waals surface area contributed by atoms with Crippen molar-refractivity contribution in [1.82, 2.24) is 5.32 Å². The van der Waals surface area contributed by atoms with Crippen LogP contribution in [0.15, 0.2) is 0 Å². The molecule has 0 aliphatic carbocycles. The van der Waals surface area contributed by atoms with E-state index in [1.54, 1.807) is 0 Å². The molecule has 2 rings (SSSR count). The molecule has 2 atom stereocenters. The number of ether oxygens (including phenoxy) is 1. The molecule has 0 radical (unpaired) electrons. The lowest BCUT2D eigenvalue weighted by Gasteiger charge is -2.35. The van der Waals surface area contributed by atoms with Crippen LogP contribution in [0.4, 0.5) is 0 Å². The number of piperidine rings is 1. The first-order chi connectivity index (χ1) is 5.75. The molecule has 0 unspecified atom stereocenters. The SMILES string of the molecule is O[C@@H]1COC2(CCNCC2)[C@@H]1O. The van der Waals surface area contributed by atoms with Crippen LogP contribution in [-0.4, -0.2) is 47.7 Å². The average Bonchev–Trinajstić information content (AvgIpc) is 2.37. The number of aliphatic hydroxyl groups excluding tert-OH is 2. The van der Waals surface area contributed by atoms with Crippen molar-refractivity contribution < 1.29 is 14.9 Å². The molecule has 0 aromatic carbocycles. The summed E-state index contributed by atoms with van der Waals surface area (Å²) in [7, 11) is 0. The maximum atomic E-state index is 9.67. The molecule has 1 spiro atoms. The first kappa shape index (κ1) is 8.44. The van der Waals surface area contributed by atoms with Crippen LogP contribution in [0, 0.1) is 0 Å². The molecule has 4 heteroatoms. The summed E-state index contributed by atoms with van der Waals surface area (Å²) in [5.74, 6) is 0. The Balaban J connectivity index is 2.09.